The molecule has 0 aliphatic rings. The molecule has 0 bridgehead atoms. The van der Waals surface area contributed by atoms with Gasteiger partial charge in [-0.05, 0) is 35.4 Å². The third-order valence-corrected chi connectivity index (χ3v) is 6.40. The predicted molar refractivity (Wildman–Crippen MR) is 144 cm³/mol. The molecule has 0 saturated carbocycles. The molecule has 0 heterocycles. The Labute approximate surface area is 237 Å². The molecule has 0 spiro atoms. The Hall–Kier alpha value is -2.68. The number of esters is 3. The van der Waals surface area contributed by atoms with Gasteiger partial charge in [0.2, 0.25) is 0 Å². The van der Waals surface area contributed by atoms with Crippen molar-refractivity contribution < 1.29 is 38.1 Å². The highest BCUT2D eigenvalue weighted by atomic mass is 35.5. The lowest BCUT2D eigenvalue weighted by atomic mass is 9.78. The second-order valence-electron chi connectivity index (χ2n) is 8.96. The number of carbonyl (C=O) groups excluding carboxylic acids is 3. The van der Waals surface area contributed by atoms with Crippen molar-refractivity contribution in [3.05, 3.63) is 57.6 Å². The number of halogens is 3. The maximum atomic E-state index is 11.3. The third kappa shape index (κ3) is 9.57. The lowest BCUT2D eigenvalue weighted by molar-refractivity contribution is -0.158. The molecule has 0 unspecified atom stereocenters. The fraction of sp³-hybridized carbons (Fsp3) is 0.444. The van der Waals surface area contributed by atoms with E-state index in [4.69, 9.17) is 58.5 Å². The van der Waals surface area contributed by atoms with Gasteiger partial charge < -0.3 is 23.7 Å². The van der Waals surface area contributed by atoms with Crippen molar-refractivity contribution in [3.8, 4) is 11.5 Å². The van der Waals surface area contributed by atoms with Crippen LogP contribution >= 0.6 is 34.8 Å². The monoisotopic (exact) mass is 588 g/mol. The van der Waals surface area contributed by atoms with Gasteiger partial charge in [0.05, 0.1) is 15.9 Å². The molecule has 38 heavy (non-hydrogen) atoms. The van der Waals surface area contributed by atoms with Gasteiger partial charge in [0, 0.05) is 26.2 Å². The molecular formula is C27H31Cl3O8. The fourth-order valence-electron chi connectivity index (χ4n) is 3.45. The first-order valence-electron chi connectivity index (χ1n) is 11.7. The van der Waals surface area contributed by atoms with Crippen LogP contribution in [0, 0.1) is 0 Å². The first-order chi connectivity index (χ1) is 17.8. The summed E-state index contributed by atoms with van der Waals surface area (Å²) in [5, 5.41) is 0.746. The summed E-state index contributed by atoms with van der Waals surface area (Å²) in [6.07, 6.45) is -1.37. The Balaban J connectivity index is 2.13. The molecule has 0 aromatic heterocycles. The molecule has 208 valence electrons. The normalized spacial score (nSPS) is 12.7. The van der Waals surface area contributed by atoms with E-state index in [2.05, 4.69) is 0 Å². The highest BCUT2D eigenvalue weighted by Crippen LogP contribution is 2.38. The van der Waals surface area contributed by atoms with Gasteiger partial charge in [0.15, 0.2) is 6.10 Å². The highest BCUT2D eigenvalue weighted by molar-refractivity contribution is 6.32. The van der Waals surface area contributed by atoms with Crippen LogP contribution in [0.3, 0.4) is 0 Å². The zero-order chi connectivity index (χ0) is 28.5. The Morgan fingerprint density at radius 1 is 0.737 bits per heavy atom. The van der Waals surface area contributed by atoms with Crippen LogP contribution in [0.2, 0.25) is 10.0 Å². The van der Waals surface area contributed by atoms with E-state index in [1.807, 2.05) is 26.0 Å². The molecule has 8 nitrogen and oxygen atoms in total. The van der Waals surface area contributed by atoms with Crippen LogP contribution in [0.25, 0.3) is 0 Å². The van der Waals surface area contributed by atoms with E-state index in [-0.39, 0.29) is 25.7 Å². The zero-order valence-corrected chi connectivity index (χ0v) is 24.1. The van der Waals surface area contributed by atoms with E-state index >= 15 is 0 Å². The molecule has 11 heteroatoms. The summed E-state index contributed by atoms with van der Waals surface area (Å²) >= 11 is 18.8. The molecule has 2 rings (SSSR count). The van der Waals surface area contributed by atoms with Crippen molar-refractivity contribution in [2.75, 3.05) is 25.7 Å². The summed E-state index contributed by atoms with van der Waals surface area (Å²) in [7, 11) is 0. The topological polar surface area (TPSA) is 97.4 Å². The molecule has 0 radical (unpaired) electrons. The minimum absolute atomic E-state index is 0.0472. The smallest absolute Gasteiger partial charge is 0.303 e. The lowest BCUT2D eigenvalue weighted by Crippen LogP contribution is -2.30. The Kier molecular flexibility index (Phi) is 12.0. The molecule has 0 aliphatic carbocycles. The van der Waals surface area contributed by atoms with Crippen molar-refractivity contribution in [1.82, 2.24) is 0 Å². The Morgan fingerprint density at radius 2 is 1.18 bits per heavy atom. The van der Waals surface area contributed by atoms with Crippen LogP contribution in [0.15, 0.2) is 36.4 Å². The van der Waals surface area contributed by atoms with Crippen molar-refractivity contribution in [3.63, 3.8) is 0 Å². The first-order valence-corrected chi connectivity index (χ1v) is 13.0. The van der Waals surface area contributed by atoms with Gasteiger partial charge in [-0.2, -0.15) is 0 Å². The van der Waals surface area contributed by atoms with Gasteiger partial charge in [-0.3, -0.25) is 14.4 Å². The Bertz CT molecular complexity index is 1140. The van der Waals surface area contributed by atoms with E-state index in [0.29, 0.717) is 21.5 Å². The van der Waals surface area contributed by atoms with Crippen molar-refractivity contribution >= 4 is 52.7 Å². The van der Waals surface area contributed by atoms with Crippen LogP contribution in [-0.2, 0) is 34.0 Å². The number of carbonyl (C=O) groups is 3. The number of alkyl halides is 1. The van der Waals surface area contributed by atoms with Crippen LogP contribution in [-0.4, -0.2) is 55.8 Å². The molecule has 2 atom stereocenters. The van der Waals surface area contributed by atoms with Crippen LogP contribution in [0.1, 0.15) is 45.7 Å². The summed E-state index contributed by atoms with van der Waals surface area (Å²) in [5.74, 6) is -0.538. The molecule has 0 saturated heterocycles. The minimum Gasteiger partial charge on any atom is -0.488 e. The molecule has 0 fully saturated rings. The van der Waals surface area contributed by atoms with Gasteiger partial charge in [-0.25, -0.2) is 0 Å². The number of hydrogen-bond donors (Lipinski definition) is 0. The summed E-state index contributed by atoms with van der Waals surface area (Å²) < 4.78 is 26.6. The average molecular weight is 590 g/mol. The van der Waals surface area contributed by atoms with Crippen LogP contribution in [0.4, 0.5) is 0 Å². The van der Waals surface area contributed by atoms with Gasteiger partial charge in [-0.15, -0.1) is 11.6 Å². The minimum atomic E-state index is -0.778. The maximum absolute atomic E-state index is 11.3. The summed E-state index contributed by atoms with van der Waals surface area (Å²) in [4.78, 5) is 33.6. The van der Waals surface area contributed by atoms with Gasteiger partial charge in [0.25, 0.3) is 0 Å². The summed E-state index contributed by atoms with van der Waals surface area (Å²) in [6.45, 7) is 7.76. The van der Waals surface area contributed by atoms with E-state index in [1.54, 1.807) is 24.3 Å². The zero-order valence-electron chi connectivity index (χ0n) is 21.8. The first kappa shape index (κ1) is 31.5. The second-order valence-corrected chi connectivity index (χ2v) is 10.1. The maximum Gasteiger partial charge on any atom is 0.303 e. The van der Waals surface area contributed by atoms with Crippen molar-refractivity contribution in [2.24, 2.45) is 0 Å². The number of ether oxygens (including phenoxy) is 5. The third-order valence-electron chi connectivity index (χ3n) is 5.47. The quantitative estimate of drug-likeness (QED) is 0.166. The van der Waals surface area contributed by atoms with Crippen LogP contribution in [0.5, 0.6) is 11.5 Å². The largest absolute Gasteiger partial charge is 0.488 e. The van der Waals surface area contributed by atoms with Crippen LogP contribution < -0.4 is 9.47 Å². The predicted octanol–water partition coefficient (Wildman–Crippen LogP) is 5.74. The van der Waals surface area contributed by atoms with Crippen molar-refractivity contribution in [2.45, 2.75) is 52.2 Å². The Morgan fingerprint density at radius 3 is 1.58 bits per heavy atom. The fourth-order valence-corrected chi connectivity index (χ4v) is 4.07. The van der Waals surface area contributed by atoms with E-state index in [1.165, 1.54) is 20.8 Å². The average Bonchev–Trinajstić information content (AvgIpc) is 2.83. The molecule has 0 aliphatic heterocycles. The second kappa shape index (κ2) is 14.5. The molecule has 2 aromatic carbocycles. The van der Waals surface area contributed by atoms with E-state index in [9.17, 15) is 14.4 Å². The molecule has 2 aromatic rings. The van der Waals surface area contributed by atoms with Gasteiger partial charge >= 0.3 is 17.9 Å². The standard InChI is InChI=1S/C27H31Cl3O8/c1-16(31)34-14-22(38-18(3)33)15-36-26-9-7-20(11-24(26)30)27(4,5)19-6-8-25(23(29)10-19)35-13-21(12-28)37-17(2)32/h6-11,21-22H,12-15H2,1-5H3/t21-,22+/m1/s1. The molecule has 0 amide bonds. The summed E-state index contributed by atoms with van der Waals surface area (Å²) in [5.41, 5.74) is 1.31. The van der Waals surface area contributed by atoms with Gasteiger partial charge in [0.1, 0.15) is 37.4 Å². The highest BCUT2D eigenvalue weighted by Gasteiger charge is 2.26. The van der Waals surface area contributed by atoms with E-state index in [0.717, 1.165) is 11.1 Å². The number of hydrogen-bond acceptors (Lipinski definition) is 8. The van der Waals surface area contributed by atoms with Crippen molar-refractivity contribution in [1.29, 1.82) is 0 Å². The number of benzene rings is 2. The van der Waals surface area contributed by atoms with E-state index < -0.39 is 35.5 Å². The lowest BCUT2D eigenvalue weighted by Gasteiger charge is -2.27. The number of rotatable bonds is 13. The summed E-state index contributed by atoms with van der Waals surface area (Å²) in [6, 6.07) is 10.8. The van der Waals surface area contributed by atoms with Gasteiger partial charge in [-0.1, -0.05) is 49.2 Å². The molecule has 0 N–H and O–H groups in total. The molecular weight excluding hydrogens is 559 g/mol. The SMILES string of the molecule is CC(=O)OC[C@@H](COc1ccc(C(C)(C)c2ccc(OC[C@@H](CCl)OC(C)=O)c(Cl)c2)cc1Cl)OC(C)=O.